The molecular formula is C14H23ClN4O3. The molecule has 0 heterocycles. The highest BCUT2D eigenvalue weighted by atomic mass is 35.5. The van der Waals surface area contributed by atoms with E-state index in [9.17, 15) is 9.59 Å². The lowest BCUT2D eigenvalue weighted by atomic mass is 10.2. The number of rotatable bonds is 7. The molecule has 0 spiro atoms. The minimum atomic E-state index is -0.304. The van der Waals surface area contributed by atoms with Gasteiger partial charge in [-0.3, -0.25) is 4.79 Å². The predicted octanol–water partition coefficient (Wildman–Crippen LogP) is 1.55. The summed E-state index contributed by atoms with van der Waals surface area (Å²) in [5.41, 5.74) is 6.67. The summed E-state index contributed by atoms with van der Waals surface area (Å²) < 4.78 is 5.06. The molecule has 0 saturated heterocycles. The van der Waals surface area contributed by atoms with Gasteiger partial charge in [-0.1, -0.05) is 6.07 Å². The molecule has 0 aromatic heterocycles. The monoisotopic (exact) mass is 330 g/mol. The van der Waals surface area contributed by atoms with E-state index in [1.165, 1.54) is 7.11 Å². The van der Waals surface area contributed by atoms with Crippen LogP contribution in [-0.2, 0) is 9.53 Å². The lowest BCUT2D eigenvalue weighted by Gasteiger charge is -2.13. The molecule has 3 amide bonds. The molecule has 124 valence electrons. The Bertz CT molecular complexity index is 481. The van der Waals surface area contributed by atoms with Crippen molar-refractivity contribution in [2.75, 3.05) is 30.8 Å². The van der Waals surface area contributed by atoms with Crippen molar-refractivity contribution in [3.05, 3.63) is 24.3 Å². The Labute approximate surface area is 136 Å². The van der Waals surface area contributed by atoms with E-state index >= 15 is 0 Å². The molecule has 1 aromatic carbocycles. The maximum atomic E-state index is 11.8. The highest BCUT2D eigenvalue weighted by Gasteiger charge is 2.11. The van der Waals surface area contributed by atoms with Gasteiger partial charge >= 0.3 is 6.03 Å². The van der Waals surface area contributed by atoms with Gasteiger partial charge in [-0.05, 0) is 25.1 Å². The largest absolute Gasteiger partial charge is 0.380 e. The minimum absolute atomic E-state index is 0. The lowest BCUT2D eigenvalue weighted by molar-refractivity contribution is -0.118. The van der Waals surface area contributed by atoms with Gasteiger partial charge in [0.05, 0.1) is 12.5 Å². The highest BCUT2D eigenvalue weighted by Crippen LogP contribution is 2.15. The lowest BCUT2D eigenvalue weighted by Crippen LogP contribution is -2.28. The van der Waals surface area contributed by atoms with Gasteiger partial charge in [0, 0.05) is 31.6 Å². The zero-order valence-corrected chi connectivity index (χ0v) is 13.5. The third-order valence-electron chi connectivity index (χ3n) is 2.75. The first-order chi connectivity index (χ1) is 10.1. The Morgan fingerprint density at radius 2 is 1.91 bits per heavy atom. The second-order valence-corrected chi connectivity index (χ2v) is 4.41. The standard InChI is InChI=1S/C14H22N4O3.ClH/c1-3-16-14(20)18-11-6-4-5-10(7-11)17-13(19)8-12(9-15)21-2;/h4-7,12H,3,8-9,15H2,1-2H3,(H,17,19)(H2,16,18,20);1H. The van der Waals surface area contributed by atoms with Gasteiger partial charge in [-0.15, -0.1) is 12.4 Å². The van der Waals surface area contributed by atoms with E-state index in [1.807, 2.05) is 6.92 Å². The van der Waals surface area contributed by atoms with Crippen LogP contribution in [0.5, 0.6) is 0 Å². The predicted molar refractivity (Wildman–Crippen MR) is 89.5 cm³/mol. The first-order valence-corrected chi connectivity index (χ1v) is 6.76. The second-order valence-electron chi connectivity index (χ2n) is 4.41. The molecule has 0 fully saturated rings. The summed E-state index contributed by atoms with van der Waals surface area (Å²) in [4.78, 5) is 23.3. The van der Waals surface area contributed by atoms with Crippen LogP contribution in [0.4, 0.5) is 16.2 Å². The van der Waals surface area contributed by atoms with E-state index < -0.39 is 0 Å². The summed E-state index contributed by atoms with van der Waals surface area (Å²) in [5.74, 6) is -0.192. The van der Waals surface area contributed by atoms with Gasteiger partial charge in [0.15, 0.2) is 0 Å². The van der Waals surface area contributed by atoms with Crippen LogP contribution in [0.2, 0.25) is 0 Å². The number of methoxy groups -OCH3 is 1. The van der Waals surface area contributed by atoms with Crippen molar-refractivity contribution in [1.82, 2.24) is 5.32 Å². The normalized spacial score (nSPS) is 11.0. The summed E-state index contributed by atoms with van der Waals surface area (Å²) in [7, 11) is 1.52. The van der Waals surface area contributed by atoms with Crippen molar-refractivity contribution in [2.45, 2.75) is 19.4 Å². The summed E-state index contributed by atoms with van der Waals surface area (Å²) in [6.45, 7) is 2.66. The van der Waals surface area contributed by atoms with E-state index in [2.05, 4.69) is 16.0 Å². The van der Waals surface area contributed by atoms with Crippen LogP contribution in [0.15, 0.2) is 24.3 Å². The zero-order valence-electron chi connectivity index (χ0n) is 12.7. The molecule has 7 nitrogen and oxygen atoms in total. The molecular weight excluding hydrogens is 308 g/mol. The fourth-order valence-corrected chi connectivity index (χ4v) is 1.69. The van der Waals surface area contributed by atoms with Crippen LogP contribution in [0.3, 0.4) is 0 Å². The minimum Gasteiger partial charge on any atom is -0.380 e. The van der Waals surface area contributed by atoms with Gasteiger partial charge < -0.3 is 26.4 Å². The van der Waals surface area contributed by atoms with E-state index in [1.54, 1.807) is 24.3 Å². The number of hydrogen-bond donors (Lipinski definition) is 4. The number of benzene rings is 1. The number of urea groups is 1. The van der Waals surface area contributed by atoms with Crippen molar-refractivity contribution in [2.24, 2.45) is 5.73 Å². The summed E-state index contributed by atoms with van der Waals surface area (Å²) in [6, 6.07) is 6.61. The first kappa shape index (κ1) is 20.2. The van der Waals surface area contributed by atoms with Crippen molar-refractivity contribution in [3.8, 4) is 0 Å². The van der Waals surface area contributed by atoms with Crippen molar-refractivity contribution < 1.29 is 14.3 Å². The zero-order chi connectivity index (χ0) is 15.7. The van der Waals surface area contributed by atoms with Crippen molar-refractivity contribution in [3.63, 3.8) is 0 Å². The van der Waals surface area contributed by atoms with E-state index in [-0.39, 0.29) is 43.4 Å². The van der Waals surface area contributed by atoms with Gasteiger partial charge in [-0.2, -0.15) is 0 Å². The van der Waals surface area contributed by atoms with Crippen LogP contribution in [0.25, 0.3) is 0 Å². The fourth-order valence-electron chi connectivity index (χ4n) is 1.69. The van der Waals surface area contributed by atoms with Crippen molar-refractivity contribution in [1.29, 1.82) is 0 Å². The molecule has 0 aliphatic rings. The number of halogens is 1. The van der Waals surface area contributed by atoms with Crippen LogP contribution in [0, 0.1) is 0 Å². The van der Waals surface area contributed by atoms with Crippen LogP contribution < -0.4 is 21.7 Å². The molecule has 0 saturated carbocycles. The van der Waals surface area contributed by atoms with Gasteiger partial charge in [0.25, 0.3) is 0 Å². The van der Waals surface area contributed by atoms with Crippen LogP contribution >= 0.6 is 12.4 Å². The van der Waals surface area contributed by atoms with E-state index in [4.69, 9.17) is 10.5 Å². The number of ether oxygens (including phenoxy) is 1. The average molecular weight is 331 g/mol. The molecule has 0 bridgehead atoms. The molecule has 1 aromatic rings. The van der Waals surface area contributed by atoms with E-state index in [0.29, 0.717) is 17.9 Å². The third-order valence-corrected chi connectivity index (χ3v) is 2.75. The smallest absolute Gasteiger partial charge is 0.319 e. The first-order valence-electron chi connectivity index (χ1n) is 6.76. The summed E-state index contributed by atoms with van der Waals surface area (Å²) in [5, 5.41) is 8.04. The highest BCUT2D eigenvalue weighted by molar-refractivity contribution is 5.93. The van der Waals surface area contributed by atoms with Gasteiger partial charge in [0.1, 0.15) is 0 Å². The quantitative estimate of drug-likeness (QED) is 0.608. The Kier molecular flexibility index (Phi) is 9.93. The number of nitrogens with one attached hydrogen (secondary N) is 3. The third kappa shape index (κ3) is 7.26. The average Bonchev–Trinajstić information content (AvgIpc) is 2.45. The SMILES string of the molecule is CCNC(=O)Nc1cccc(NC(=O)CC(CN)OC)c1.Cl. The molecule has 0 aliphatic heterocycles. The molecule has 1 unspecified atom stereocenters. The summed E-state index contributed by atoms with van der Waals surface area (Å²) in [6.07, 6.45) is -0.123. The van der Waals surface area contributed by atoms with Crippen LogP contribution in [0.1, 0.15) is 13.3 Å². The molecule has 1 rings (SSSR count). The molecule has 8 heteroatoms. The summed E-state index contributed by atoms with van der Waals surface area (Å²) >= 11 is 0. The number of hydrogen-bond acceptors (Lipinski definition) is 4. The Balaban J connectivity index is 0.00000441. The Morgan fingerprint density at radius 3 is 2.45 bits per heavy atom. The van der Waals surface area contributed by atoms with Gasteiger partial charge in [0.2, 0.25) is 5.91 Å². The van der Waals surface area contributed by atoms with Crippen molar-refractivity contribution >= 4 is 35.7 Å². The van der Waals surface area contributed by atoms with Crippen LogP contribution in [-0.4, -0.2) is 38.2 Å². The molecule has 22 heavy (non-hydrogen) atoms. The Hall–Kier alpha value is -1.83. The molecule has 5 N–H and O–H groups in total. The topological polar surface area (TPSA) is 105 Å². The van der Waals surface area contributed by atoms with E-state index in [0.717, 1.165) is 0 Å². The number of carbonyl (C=O) groups is 2. The number of anilines is 2. The maximum Gasteiger partial charge on any atom is 0.319 e. The number of carbonyl (C=O) groups excluding carboxylic acids is 2. The number of amides is 3. The number of nitrogens with two attached hydrogens (primary N) is 1. The Morgan fingerprint density at radius 1 is 1.27 bits per heavy atom. The van der Waals surface area contributed by atoms with Gasteiger partial charge in [-0.25, -0.2) is 4.79 Å². The molecule has 0 aliphatic carbocycles. The second kappa shape index (κ2) is 10.8. The maximum absolute atomic E-state index is 11.8. The molecule has 1 atom stereocenters. The fraction of sp³-hybridized carbons (Fsp3) is 0.429. The molecule has 0 radical (unpaired) electrons.